The van der Waals surface area contributed by atoms with Gasteiger partial charge in [0.2, 0.25) is 0 Å². The zero-order chi connectivity index (χ0) is 17.0. The Morgan fingerprint density at radius 1 is 1.30 bits per heavy atom. The molecule has 2 nitrogen and oxygen atoms in total. The highest BCUT2D eigenvalue weighted by Gasteiger charge is 2.29. The number of phenolic OH excluding ortho intramolecular Hbond substituents is 2. The molecule has 23 heavy (non-hydrogen) atoms. The lowest BCUT2D eigenvalue weighted by Gasteiger charge is -2.31. The van der Waals surface area contributed by atoms with Crippen LogP contribution in [0.25, 0.3) is 6.08 Å². The van der Waals surface area contributed by atoms with Crippen LogP contribution < -0.4 is 0 Å². The van der Waals surface area contributed by atoms with Crippen LogP contribution in [0.4, 0.5) is 0 Å². The highest BCUT2D eigenvalue weighted by molar-refractivity contribution is 5.60. The van der Waals surface area contributed by atoms with Crippen LogP contribution in [0.1, 0.15) is 63.5 Å². The van der Waals surface area contributed by atoms with E-state index in [-0.39, 0.29) is 23.3 Å². The van der Waals surface area contributed by atoms with Crippen LogP contribution in [-0.4, -0.2) is 10.2 Å². The third-order valence-corrected chi connectivity index (χ3v) is 4.64. The number of unbranched alkanes of at least 4 members (excludes halogenated alkanes) is 1. The second kappa shape index (κ2) is 7.54. The molecule has 0 bridgehead atoms. The first-order valence-electron chi connectivity index (χ1n) is 8.49. The van der Waals surface area contributed by atoms with E-state index >= 15 is 0 Å². The van der Waals surface area contributed by atoms with Crippen LogP contribution in [0, 0.1) is 5.92 Å². The molecule has 0 aliphatic heterocycles. The molecule has 2 heteroatoms. The minimum Gasteiger partial charge on any atom is -0.507 e. The average Bonchev–Trinajstić information content (AvgIpc) is 2.46. The molecule has 2 N–H and O–H groups in total. The Bertz CT molecular complexity index is 614. The number of rotatable bonds is 5. The minimum absolute atomic E-state index is 0.00470. The van der Waals surface area contributed by atoms with Gasteiger partial charge in [-0.2, -0.15) is 0 Å². The summed E-state index contributed by atoms with van der Waals surface area (Å²) in [6, 6.07) is 3.49. The Labute approximate surface area is 139 Å². The lowest BCUT2D eigenvalue weighted by molar-refractivity contribution is 0.407. The van der Waals surface area contributed by atoms with Crippen LogP contribution in [0.2, 0.25) is 0 Å². The third kappa shape index (κ3) is 4.07. The maximum atomic E-state index is 10.5. The van der Waals surface area contributed by atoms with E-state index in [1.807, 2.05) is 13.0 Å². The fourth-order valence-corrected chi connectivity index (χ4v) is 3.37. The van der Waals surface area contributed by atoms with Crippen LogP contribution in [-0.2, 0) is 0 Å². The van der Waals surface area contributed by atoms with Crippen LogP contribution in [0.15, 0.2) is 42.0 Å². The molecule has 0 radical (unpaired) electrons. The van der Waals surface area contributed by atoms with Crippen molar-refractivity contribution in [3.63, 3.8) is 0 Å². The van der Waals surface area contributed by atoms with Crippen molar-refractivity contribution in [3.05, 3.63) is 53.1 Å². The Morgan fingerprint density at radius 2 is 1.96 bits per heavy atom. The molecule has 1 aromatic carbocycles. The number of benzene rings is 1. The Balaban J connectivity index is 2.41. The van der Waals surface area contributed by atoms with Gasteiger partial charge < -0.3 is 10.2 Å². The highest BCUT2D eigenvalue weighted by atomic mass is 16.3. The molecule has 0 saturated heterocycles. The molecule has 124 valence electrons. The quantitative estimate of drug-likeness (QED) is 0.662. The van der Waals surface area contributed by atoms with Crippen molar-refractivity contribution in [1.82, 2.24) is 0 Å². The lowest BCUT2D eigenvalue weighted by Crippen LogP contribution is -2.17. The SMILES string of the molecule is C=C(C)[C@@H]1CCC(C)=C[C@H]1c1c(O)cc(/C=C/CCC)cc1O. The standard InChI is InChI=1S/C21H28O2/c1-5-6-7-8-16-12-19(22)21(20(23)13-16)18-11-15(4)9-10-17(18)14(2)3/h7-8,11-13,17-18,22-23H,2,5-6,9-10H2,1,3-4H3/b8-7+/t17-,18+/m0/s1. The molecule has 0 spiro atoms. The summed E-state index contributed by atoms with van der Waals surface area (Å²) in [5.41, 5.74) is 3.87. The Hall–Kier alpha value is -1.96. The van der Waals surface area contributed by atoms with Gasteiger partial charge in [-0.1, -0.05) is 49.3 Å². The Kier molecular flexibility index (Phi) is 5.70. The lowest BCUT2D eigenvalue weighted by atomic mass is 9.73. The van der Waals surface area contributed by atoms with Gasteiger partial charge in [0, 0.05) is 11.5 Å². The van der Waals surface area contributed by atoms with Crippen LogP contribution in [0.5, 0.6) is 11.5 Å². The normalized spacial score (nSPS) is 21.4. The van der Waals surface area contributed by atoms with Gasteiger partial charge in [0.15, 0.2) is 0 Å². The summed E-state index contributed by atoms with van der Waals surface area (Å²) in [5.74, 6) is 0.596. The zero-order valence-corrected chi connectivity index (χ0v) is 14.5. The molecule has 0 aromatic heterocycles. The maximum absolute atomic E-state index is 10.5. The predicted octanol–water partition coefficient (Wildman–Crippen LogP) is 5.93. The van der Waals surface area contributed by atoms with Gasteiger partial charge in [0.25, 0.3) is 0 Å². The molecule has 2 atom stereocenters. The van der Waals surface area contributed by atoms with E-state index in [9.17, 15) is 10.2 Å². The zero-order valence-electron chi connectivity index (χ0n) is 14.5. The topological polar surface area (TPSA) is 40.5 Å². The number of hydrogen-bond acceptors (Lipinski definition) is 2. The molecule has 0 unspecified atom stereocenters. The molecule has 1 aromatic rings. The molecule has 1 aliphatic rings. The van der Waals surface area contributed by atoms with E-state index in [2.05, 4.69) is 32.6 Å². The summed E-state index contributed by atoms with van der Waals surface area (Å²) in [6.45, 7) is 10.4. The van der Waals surface area contributed by atoms with Gasteiger partial charge in [-0.3, -0.25) is 0 Å². The van der Waals surface area contributed by atoms with E-state index in [1.165, 1.54) is 5.57 Å². The van der Waals surface area contributed by atoms with E-state index < -0.39 is 0 Å². The number of hydrogen-bond donors (Lipinski definition) is 2. The van der Waals surface area contributed by atoms with E-state index in [4.69, 9.17) is 0 Å². The molecular weight excluding hydrogens is 284 g/mol. The monoisotopic (exact) mass is 312 g/mol. The van der Waals surface area contributed by atoms with Crippen LogP contribution >= 0.6 is 0 Å². The summed E-state index contributed by atoms with van der Waals surface area (Å²) >= 11 is 0. The molecule has 0 heterocycles. The van der Waals surface area contributed by atoms with Gasteiger partial charge in [0.05, 0.1) is 0 Å². The van der Waals surface area contributed by atoms with Gasteiger partial charge in [0.1, 0.15) is 11.5 Å². The fourth-order valence-electron chi connectivity index (χ4n) is 3.37. The second-order valence-corrected chi connectivity index (χ2v) is 6.69. The molecule has 2 rings (SSSR count). The van der Waals surface area contributed by atoms with Crippen molar-refractivity contribution in [1.29, 1.82) is 0 Å². The molecule has 0 saturated carbocycles. The summed E-state index contributed by atoms with van der Waals surface area (Å²) in [4.78, 5) is 0. The summed E-state index contributed by atoms with van der Waals surface area (Å²) < 4.78 is 0. The van der Waals surface area contributed by atoms with Crippen molar-refractivity contribution in [2.75, 3.05) is 0 Å². The summed E-state index contributed by atoms with van der Waals surface area (Å²) in [7, 11) is 0. The van der Waals surface area contributed by atoms with Gasteiger partial charge in [-0.05, 0) is 56.7 Å². The Morgan fingerprint density at radius 3 is 2.52 bits per heavy atom. The first-order valence-corrected chi connectivity index (χ1v) is 8.49. The van der Waals surface area contributed by atoms with Crippen molar-refractivity contribution in [2.24, 2.45) is 5.92 Å². The highest BCUT2D eigenvalue weighted by Crippen LogP contribution is 2.46. The summed E-state index contributed by atoms with van der Waals surface area (Å²) in [6.07, 6.45) is 10.3. The fraction of sp³-hybridized carbons (Fsp3) is 0.429. The van der Waals surface area contributed by atoms with Gasteiger partial charge >= 0.3 is 0 Å². The van der Waals surface area contributed by atoms with Crippen molar-refractivity contribution in [2.45, 2.75) is 52.4 Å². The van der Waals surface area contributed by atoms with Crippen molar-refractivity contribution in [3.8, 4) is 11.5 Å². The molecule has 0 fully saturated rings. The largest absolute Gasteiger partial charge is 0.507 e. The van der Waals surface area contributed by atoms with Gasteiger partial charge in [-0.15, -0.1) is 0 Å². The van der Waals surface area contributed by atoms with Crippen molar-refractivity contribution >= 4 is 6.08 Å². The molecule has 1 aliphatic carbocycles. The van der Waals surface area contributed by atoms with Crippen LogP contribution in [0.3, 0.4) is 0 Å². The van der Waals surface area contributed by atoms with E-state index in [1.54, 1.807) is 12.1 Å². The van der Waals surface area contributed by atoms with Gasteiger partial charge in [-0.25, -0.2) is 0 Å². The maximum Gasteiger partial charge on any atom is 0.123 e. The smallest absolute Gasteiger partial charge is 0.123 e. The number of phenols is 2. The van der Waals surface area contributed by atoms with Crippen molar-refractivity contribution < 1.29 is 10.2 Å². The predicted molar refractivity (Wildman–Crippen MR) is 97.7 cm³/mol. The second-order valence-electron chi connectivity index (χ2n) is 6.69. The van der Waals surface area contributed by atoms with E-state index in [0.717, 1.165) is 36.8 Å². The first-order chi connectivity index (χ1) is 10.9. The minimum atomic E-state index is -0.00470. The summed E-state index contributed by atoms with van der Waals surface area (Å²) in [5, 5.41) is 21.0. The number of allylic oxidation sites excluding steroid dienone is 4. The molecular formula is C21H28O2. The molecule has 0 amide bonds. The number of aromatic hydroxyl groups is 2. The third-order valence-electron chi connectivity index (χ3n) is 4.64. The average molecular weight is 312 g/mol. The first kappa shape index (κ1) is 17.4. The van der Waals surface area contributed by atoms with E-state index in [0.29, 0.717) is 5.56 Å².